The van der Waals surface area contributed by atoms with Crippen molar-refractivity contribution in [2.24, 2.45) is 0 Å². The standard InChI is InChI=1S/C14H10Cl2O2/c1-9-6-11(15)2-4-13(9)18-14-5-3-12(16)7-10(14)8-17/h2-8H,1H3. The smallest absolute Gasteiger partial charge is 0.153 e. The van der Waals surface area contributed by atoms with Gasteiger partial charge < -0.3 is 4.74 Å². The molecule has 0 aromatic heterocycles. The molecular formula is C14H10Cl2O2. The molecule has 2 aromatic carbocycles. The number of benzene rings is 2. The number of halogens is 2. The zero-order chi connectivity index (χ0) is 13.1. The van der Waals surface area contributed by atoms with Crippen molar-refractivity contribution < 1.29 is 9.53 Å². The fourth-order valence-electron chi connectivity index (χ4n) is 1.55. The van der Waals surface area contributed by atoms with Gasteiger partial charge in [-0.3, -0.25) is 4.79 Å². The molecule has 0 atom stereocenters. The van der Waals surface area contributed by atoms with Crippen molar-refractivity contribution >= 4 is 29.5 Å². The second-order valence-electron chi connectivity index (χ2n) is 3.81. The third-order valence-electron chi connectivity index (χ3n) is 2.46. The Kier molecular flexibility index (Phi) is 3.90. The topological polar surface area (TPSA) is 26.3 Å². The fourth-order valence-corrected chi connectivity index (χ4v) is 1.96. The highest BCUT2D eigenvalue weighted by molar-refractivity contribution is 6.31. The summed E-state index contributed by atoms with van der Waals surface area (Å²) in [6.45, 7) is 1.89. The Hall–Kier alpha value is -1.51. The van der Waals surface area contributed by atoms with Gasteiger partial charge in [-0.05, 0) is 48.9 Å². The second-order valence-corrected chi connectivity index (χ2v) is 4.68. The van der Waals surface area contributed by atoms with Gasteiger partial charge in [-0.25, -0.2) is 0 Å². The Labute approximate surface area is 115 Å². The molecule has 0 unspecified atom stereocenters. The molecule has 92 valence electrons. The summed E-state index contributed by atoms with van der Waals surface area (Å²) in [5.41, 5.74) is 1.31. The zero-order valence-corrected chi connectivity index (χ0v) is 11.1. The van der Waals surface area contributed by atoms with E-state index in [1.165, 1.54) is 0 Å². The van der Waals surface area contributed by atoms with Crippen molar-refractivity contribution in [2.45, 2.75) is 6.92 Å². The van der Waals surface area contributed by atoms with E-state index in [0.717, 1.165) is 5.56 Å². The van der Waals surface area contributed by atoms with E-state index in [1.807, 2.05) is 6.92 Å². The highest BCUT2D eigenvalue weighted by Gasteiger charge is 2.07. The Balaban J connectivity index is 2.36. The monoisotopic (exact) mass is 280 g/mol. The van der Waals surface area contributed by atoms with Crippen LogP contribution in [-0.4, -0.2) is 6.29 Å². The molecular weight excluding hydrogens is 271 g/mol. The lowest BCUT2D eigenvalue weighted by atomic mass is 10.2. The van der Waals surface area contributed by atoms with Gasteiger partial charge in [0.15, 0.2) is 6.29 Å². The van der Waals surface area contributed by atoms with Crippen molar-refractivity contribution in [2.75, 3.05) is 0 Å². The van der Waals surface area contributed by atoms with Crippen LogP contribution in [0.3, 0.4) is 0 Å². The summed E-state index contributed by atoms with van der Waals surface area (Å²) in [6, 6.07) is 10.2. The average Bonchev–Trinajstić information content (AvgIpc) is 2.34. The summed E-state index contributed by atoms with van der Waals surface area (Å²) in [5.74, 6) is 1.13. The lowest BCUT2D eigenvalue weighted by molar-refractivity contribution is 0.112. The highest BCUT2D eigenvalue weighted by Crippen LogP contribution is 2.30. The predicted octanol–water partition coefficient (Wildman–Crippen LogP) is 4.91. The summed E-state index contributed by atoms with van der Waals surface area (Å²) < 4.78 is 5.69. The Morgan fingerprint density at radius 1 is 1.00 bits per heavy atom. The first-order valence-corrected chi connectivity index (χ1v) is 6.04. The minimum atomic E-state index is 0.414. The van der Waals surface area contributed by atoms with Gasteiger partial charge in [0.2, 0.25) is 0 Å². The average molecular weight is 281 g/mol. The van der Waals surface area contributed by atoms with E-state index in [4.69, 9.17) is 27.9 Å². The van der Waals surface area contributed by atoms with Crippen molar-refractivity contribution in [3.63, 3.8) is 0 Å². The maximum absolute atomic E-state index is 10.9. The van der Waals surface area contributed by atoms with E-state index in [9.17, 15) is 4.79 Å². The minimum Gasteiger partial charge on any atom is -0.456 e. The van der Waals surface area contributed by atoms with Gasteiger partial charge in [-0.15, -0.1) is 0 Å². The SMILES string of the molecule is Cc1cc(Cl)ccc1Oc1ccc(Cl)cc1C=O. The van der Waals surface area contributed by atoms with Gasteiger partial charge in [0.05, 0.1) is 5.56 Å². The summed E-state index contributed by atoms with van der Waals surface area (Å²) in [4.78, 5) is 10.9. The summed E-state index contributed by atoms with van der Waals surface area (Å²) >= 11 is 11.7. The van der Waals surface area contributed by atoms with Gasteiger partial charge in [0, 0.05) is 10.0 Å². The van der Waals surface area contributed by atoms with Crippen LogP contribution >= 0.6 is 23.2 Å². The zero-order valence-electron chi connectivity index (χ0n) is 9.61. The van der Waals surface area contributed by atoms with Crippen molar-refractivity contribution in [1.82, 2.24) is 0 Å². The number of hydrogen-bond acceptors (Lipinski definition) is 2. The van der Waals surface area contributed by atoms with Gasteiger partial charge in [-0.1, -0.05) is 23.2 Å². The molecule has 0 bridgehead atoms. The predicted molar refractivity (Wildman–Crippen MR) is 73.1 cm³/mol. The molecule has 2 rings (SSSR count). The van der Waals surface area contributed by atoms with Crippen LogP contribution in [0, 0.1) is 6.92 Å². The van der Waals surface area contributed by atoms with Crippen LogP contribution in [0.15, 0.2) is 36.4 Å². The summed E-state index contributed by atoms with van der Waals surface area (Å²) in [5, 5.41) is 1.14. The van der Waals surface area contributed by atoms with E-state index < -0.39 is 0 Å². The van der Waals surface area contributed by atoms with Gasteiger partial charge in [-0.2, -0.15) is 0 Å². The van der Waals surface area contributed by atoms with E-state index >= 15 is 0 Å². The van der Waals surface area contributed by atoms with Crippen LogP contribution in [0.5, 0.6) is 11.5 Å². The van der Waals surface area contributed by atoms with Gasteiger partial charge in [0.25, 0.3) is 0 Å². The third-order valence-corrected chi connectivity index (χ3v) is 2.93. The molecule has 0 heterocycles. The minimum absolute atomic E-state index is 0.414. The molecule has 0 aliphatic rings. The first-order chi connectivity index (χ1) is 8.60. The number of carbonyl (C=O) groups excluding carboxylic acids is 1. The number of hydrogen-bond donors (Lipinski definition) is 0. The molecule has 0 spiro atoms. The first kappa shape index (κ1) is 12.9. The molecule has 4 heteroatoms. The van der Waals surface area contributed by atoms with Crippen LogP contribution in [0.2, 0.25) is 10.0 Å². The van der Waals surface area contributed by atoms with E-state index in [2.05, 4.69) is 0 Å². The number of aldehydes is 1. The second kappa shape index (κ2) is 5.42. The number of carbonyl (C=O) groups is 1. The maximum Gasteiger partial charge on any atom is 0.153 e. The molecule has 0 saturated carbocycles. The molecule has 0 saturated heterocycles. The highest BCUT2D eigenvalue weighted by atomic mass is 35.5. The normalized spacial score (nSPS) is 10.2. The summed E-state index contributed by atoms with van der Waals surface area (Å²) in [7, 11) is 0. The Bertz CT molecular complexity index is 594. The van der Waals surface area contributed by atoms with Crippen molar-refractivity contribution in [1.29, 1.82) is 0 Å². The van der Waals surface area contributed by atoms with E-state index in [-0.39, 0.29) is 0 Å². The largest absolute Gasteiger partial charge is 0.456 e. The van der Waals surface area contributed by atoms with Crippen molar-refractivity contribution in [3.05, 3.63) is 57.6 Å². The van der Waals surface area contributed by atoms with Crippen LogP contribution in [0.1, 0.15) is 15.9 Å². The number of aryl methyl sites for hydroxylation is 1. The lowest BCUT2D eigenvalue weighted by Gasteiger charge is -2.10. The Morgan fingerprint density at radius 2 is 1.61 bits per heavy atom. The van der Waals surface area contributed by atoms with E-state index in [1.54, 1.807) is 36.4 Å². The number of ether oxygens (including phenoxy) is 1. The molecule has 0 radical (unpaired) electrons. The molecule has 0 fully saturated rings. The Morgan fingerprint density at radius 3 is 2.22 bits per heavy atom. The molecule has 0 aliphatic heterocycles. The van der Waals surface area contributed by atoms with Crippen LogP contribution in [0.4, 0.5) is 0 Å². The molecule has 2 aromatic rings. The van der Waals surface area contributed by atoms with Gasteiger partial charge >= 0.3 is 0 Å². The first-order valence-electron chi connectivity index (χ1n) is 5.29. The maximum atomic E-state index is 10.9. The fraction of sp³-hybridized carbons (Fsp3) is 0.0714. The molecule has 0 amide bonds. The third kappa shape index (κ3) is 2.84. The van der Waals surface area contributed by atoms with E-state index in [0.29, 0.717) is 33.4 Å². The quantitative estimate of drug-likeness (QED) is 0.747. The van der Waals surface area contributed by atoms with Crippen molar-refractivity contribution in [3.8, 4) is 11.5 Å². The molecule has 2 nitrogen and oxygen atoms in total. The molecule has 0 aliphatic carbocycles. The molecule has 18 heavy (non-hydrogen) atoms. The lowest BCUT2D eigenvalue weighted by Crippen LogP contribution is -1.92. The van der Waals surface area contributed by atoms with Crippen LogP contribution in [-0.2, 0) is 0 Å². The number of rotatable bonds is 3. The van der Waals surface area contributed by atoms with Gasteiger partial charge in [0.1, 0.15) is 11.5 Å². The summed E-state index contributed by atoms with van der Waals surface area (Å²) in [6.07, 6.45) is 0.715. The van der Waals surface area contributed by atoms with Crippen LogP contribution in [0.25, 0.3) is 0 Å². The van der Waals surface area contributed by atoms with Crippen LogP contribution < -0.4 is 4.74 Å². The molecule has 0 N–H and O–H groups in total.